The van der Waals surface area contributed by atoms with Crippen LogP contribution in [0.1, 0.15) is 13.3 Å². The number of nitrogens with one attached hydrogen (secondary N) is 1. The fourth-order valence-corrected chi connectivity index (χ4v) is 2.55. The molecule has 9 nitrogen and oxygen atoms in total. The first kappa shape index (κ1) is 19.9. The minimum Gasteiger partial charge on any atom is -0.494 e. The summed E-state index contributed by atoms with van der Waals surface area (Å²) in [6, 6.07) is 14.3. The van der Waals surface area contributed by atoms with E-state index < -0.39 is 4.92 Å². The van der Waals surface area contributed by atoms with Gasteiger partial charge in [0.05, 0.1) is 17.2 Å². The molecule has 2 aromatic carbocycles. The number of nitrogens with zero attached hydrogens (tertiary/aromatic N) is 3. The van der Waals surface area contributed by atoms with E-state index >= 15 is 0 Å². The van der Waals surface area contributed by atoms with E-state index in [9.17, 15) is 14.9 Å². The minimum atomic E-state index is -0.530. The fourth-order valence-electron chi connectivity index (χ4n) is 2.55. The van der Waals surface area contributed by atoms with Gasteiger partial charge in [-0.3, -0.25) is 19.6 Å². The molecule has 0 bridgehead atoms. The molecule has 0 aliphatic rings. The number of hydrogen-bond acceptors (Lipinski definition) is 6. The van der Waals surface area contributed by atoms with Crippen LogP contribution in [0.25, 0.3) is 0 Å². The molecule has 29 heavy (non-hydrogen) atoms. The van der Waals surface area contributed by atoms with Gasteiger partial charge < -0.3 is 14.8 Å². The van der Waals surface area contributed by atoms with E-state index in [1.54, 1.807) is 30.3 Å². The minimum absolute atomic E-state index is 0.107. The second kappa shape index (κ2) is 9.36. The third-order valence-electron chi connectivity index (χ3n) is 3.92. The number of aryl methyl sites for hydroxylation is 1. The summed E-state index contributed by atoms with van der Waals surface area (Å²) in [7, 11) is 0. The molecule has 0 aliphatic carbocycles. The maximum Gasteiger partial charge on any atom is 0.306 e. The summed E-state index contributed by atoms with van der Waals surface area (Å²) >= 11 is 0. The van der Waals surface area contributed by atoms with Crippen LogP contribution in [0.2, 0.25) is 0 Å². The number of benzene rings is 2. The lowest BCUT2D eigenvalue weighted by molar-refractivity contribution is -0.385. The molecular weight excluding hydrogens is 376 g/mol. The number of carbonyl (C=O) groups is 1. The molecule has 0 spiro atoms. The molecule has 1 aromatic heterocycles. The summed E-state index contributed by atoms with van der Waals surface area (Å²) in [5.74, 6) is 1.60. The number of ether oxygens (including phenoxy) is 2. The van der Waals surface area contributed by atoms with Gasteiger partial charge in [-0.15, -0.1) is 0 Å². The Bertz CT molecular complexity index is 985. The van der Waals surface area contributed by atoms with Crippen LogP contribution in [0.4, 0.5) is 11.4 Å². The topological polar surface area (TPSA) is 109 Å². The maximum atomic E-state index is 12.3. The van der Waals surface area contributed by atoms with Crippen molar-refractivity contribution in [2.75, 3.05) is 11.9 Å². The van der Waals surface area contributed by atoms with Crippen molar-refractivity contribution >= 4 is 17.3 Å². The monoisotopic (exact) mass is 396 g/mol. The molecule has 0 saturated heterocycles. The fraction of sp³-hybridized carbons (Fsp3) is 0.200. The van der Waals surface area contributed by atoms with Crippen molar-refractivity contribution < 1.29 is 19.2 Å². The lowest BCUT2D eigenvalue weighted by atomic mass is 10.2. The SMILES string of the molecule is CCOc1ccc(Oc2ccccc2NC(=O)CCn2cc([N+](=O)[O-])cn2)cc1. The molecule has 0 saturated carbocycles. The Labute approximate surface area is 167 Å². The first-order chi connectivity index (χ1) is 14.0. The first-order valence-corrected chi connectivity index (χ1v) is 9.01. The predicted molar refractivity (Wildman–Crippen MR) is 106 cm³/mol. The number of aromatic nitrogens is 2. The highest BCUT2D eigenvalue weighted by molar-refractivity contribution is 5.92. The van der Waals surface area contributed by atoms with Crippen LogP contribution in [0.5, 0.6) is 17.2 Å². The Morgan fingerprint density at radius 1 is 1.17 bits per heavy atom. The van der Waals surface area contributed by atoms with Crippen molar-refractivity contribution in [1.29, 1.82) is 0 Å². The zero-order chi connectivity index (χ0) is 20.6. The smallest absolute Gasteiger partial charge is 0.306 e. The van der Waals surface area contributed by atoms with E-state index in [0.717, 1.165) is 11.9 Å². The molecule has 3 aromatic rings. The van der Waals surface area contributed by atoms with Crippen molar-refractivity contribution in [2.45, 2.75) is 19.9 Å². The van der Waals surface area contributed by atoms with Gasteiger partial charge in [0, 0.05) is 13.0 Å². The van der Waals surface area contributed by atoms with Crippen LogP contribution >= 0.6 is 0 Å². The number of rotatable bonds is 9. The Kier molecular flexibility index (Phi) is 6.41. The Morgan fingerprint density at radius 2 is 1.90 bits per heavy atom. The van der Waals surface area contributed by atoms with Gasteiger partial charge in [-0.05, 0) is 43.3 Å². The van der Waals surface area contributed by atoms with E-state index in [0.29, 0.717) is 23.8 Å². The van der Waals surface area contributed by atoms with Gasteiger partial charge >= 0.3 is 5.69 Å². The second-order valence-electron chi connectivity index (χ2n) is 6.02. The van der Waals surface area contributed by atoms with Gasteiger partial charge in [-0.25, -0.2) is 0 Å². The summed E-state index contributed by atoms with van der Waals surface area (Å²) < 4.78 is 12.6. The summed E-state index contributed by atoms with van der Waals surface area (Å²) in [6.45, 7) is 2.72. The Balaban J connectivity index is 1.60. The number of hydrogen-bond donors (Lipinski definition) is 1. The quantitative estimate of drug-likeness (QED) is 0.432. The van der Waals surface area contributed by atoms with Crippen LogP contribution in [0.3, 0.4) is 0 Å². The van der Waals surface area contributed by atoms with Gasteiger partial charge in [-0.1, -0.05) is 12.1 Å². The number of carbonyl (C=O) groups excluding carboxylic acids is 1. The van der Waals surface area contributed by atoms with Crippen molar-refractivity contribution in [3.63, 3.8) is 0 Å². The number of anilines is 1. The van der Waals surface area contributed by atoms with Crippen LogP contribution < -0.4 is 14.8 Å². The third-order valence-corrected chi connectivity index (χ3v) is 3.92. The normalized spacial score (nSPS) is 10.4. The molecule has 1 heterocycles. The lowest BCUT2D eigenvalue weighted by Gasteiger charge is -2.12. The van der Waals surface area contributed by atoms with E-state index in [1.165, 1.54) is 10.9 Å². The maximum absolute atomic E-state index is 12.3. The molecule has 1 amide bonds. The van der Waals surface area contributed by atoms with E-state index in [1.807, 2.05) is 25.1 Å². The van der Waals surface area contributed by atoms with Gasteiger partial charge in [0.1, 0.15) is 23.9 Å². The molecule has 150 valence electrons. The molecule has 0 atom stereocenters. The number of nitro groups is 1. The van der Waals surface area contributed by atoms with Crippen LogP contribution in [0.15, 0.2) is 60.9 Å². The van der Waals surface area contributed by atoms with Gasteiger partial charge in [0.15, 0.2) is 5.75 Å². The van der Waals surface area contributed by atoms with E-state index in [2.05, 4.69) is 10.4 Å². The molecular formula is C20H20N4O5. The summed E-state index contributed by atoms with van der Waals surface area (Å²) in [6.07, 6.45) is 2.55. The molecule has 3 rings (SSSR count). The van der Waals surface area contributed by atoms with E-state index in [4.69, 9.17) is 9.47 Å². The average Bonchev–Trinajstić information content (AvgIpc) is 3.19. The van der Waals surface area contributed by atoms with Crippen molar-refractivity contribution in [1.82, 2.24) is 9.78 Å². The molecule has 0 radical (unpaired) electrons. The summed E-state index contributed by atoms with van der Waals surface area (Å²) in [5.41, 5.74) is 0.414. The number of para-hydroxylation sites is 2. The predicted octanol–water partition coefficient (Wildman–Crippen LogP) is 4.01. The summed E-state index contributed by atoms with van der Waals surface area (Å²) in [4.78, 5) is 22.4. The van der Waals surface area contributed by atoms with Crippen LogP contribution in [-0.4, -0.2) is 27.2 Å². The zero-order valence-electron chi connectivity index (χ0n) is 15.8. The highest BCUT2D eigenvalue weighted by Crippen LogP contribution is 2.30. The summed E-state index contributed by atoms with van der Waals surface area (Å²) in [5, 5.41) is 17.4. The van der Waals surface area contributed by atoms with Gasteiger partial charge in [-0.2, -0.15) is 5.10 Å². The van der Waals surface area contributed by atoms with Crippen molar-refractivity contribution in [3.05, 3.63) is 71.0 Å². The van der Waals surface area contributed by atoms with Crippen LogP contribution in [-0.2, 0) is 11.3 Å². The largest absolute Gasteiger partial charge is 0.494 e. The van der Waals surface area contributed by atoms with Crippen molar-refractivity contribution in [3.8, 4) is 17.2 Å². The Hall–Kier alpha value is -3.88. The van der Waals surface area contributed by atoms with Crippen molar-refractivity contribution in [2.24, 2.45) is 0 Å². The first-order valence-electron chi connectivity index (χ1n) is 9.01. The second-order valence-corrected chi connectivity index (χ2v) is 6.02. The van der Waals surface area contributed by atoms with Crippen LogP contribution in [0, 0.1) is 10.1 Å². The third kappa shape index (κ3) is 5.55. The highest BCUT2D eigenvalue weighted by Gasteiger charge is 2.12. The molecule has 0 unspecified atom stereocenters. The molecule has 9 heteroatoms. The number of amides is 1. The standard InChI is InChI=1S/C20H20N4O5/c1-2-28-16-7-9-17(10-8-16)29-19-6-4-3-5-18(19)22-20(25)11-12-23-14-15(13-21-23)24(26)27/h3-10,13-14H,2,11-12H2,1H3,(H,22,25). The Morgan fingerprint density at radius 3 is 2.59 bits per heavy atom. The lowest BCUT2D eigenvalue weighted by Crippen LogP contribution is -2.15. The molecule has 0 fully saturated rings. The molecule has 0 aliphatic heterocycles. The van der Waals surface area contributed by atoms with Gasteiger partial charge in [0.25, 0.3) is 0 Å². The molecule has 1 N–H and O–H groups in total. The van der Waals surface area contributed by atoms with Gasteiger partial charge in [0.2, 0.25) is 5.91 Å². The average molecular weight is 396 g/mol. The van der Waals surface area contributed by atoms with E-state index in [-0.39, 0.29) is 24.6 Å². The zero-order valence-corrected chi connectivity index (χ0v) is 15.8. The highest BCUT2D eigenvalue weighted by atomic mass is 16.6.